The number of rotatable bonds is 10. The molecule has 0 amide bonds. The SMILES string of the molecule is CCNC(=NCC(c1ccccc1Cl)N1CCOCC1)NCCCCSC. The van der Waals surface area contributed by atoms with Gasteiger partial charge in [-0.05, 0) is 43.4 Å². The third-order valence-corrected chi connectivity index (χ3v) is 5.63. The molecule has 0 bridgehead atoms. The van der Waals surface area contributed by atoms with Crippen molar-refractivity contribution in [3.05, 3.63) is 34.9 Å². The molecule has 1 aliphatic rings. The number of hydrogen-bond donors (Lipinski definition) is 2. The molecule has 0 radical (unpaired) electrons. The molecule has 0 aliphatic carbocycles. The van der Waals surface area contributed by atoms with E-state index in [4.69, 9.17) is 21.3 Å². The number of halogens is 1. The largest absolute Gasteiger partial charge is 0.379 e. The molecule has 0 aromatic heterocycles. The van der Waals surface area contributed by atoms with Crippen LogP contribution < -0.4 is 10.6 Å². The smallest absolute Gasteiger partial charge is 0.191 e. The molecule has 0 spiro atoms. The summed E-state index contributed by atoms with van der Waals surface area (Å²) in [6.45, 7) is 7.90. The van der Waals surface area contributed by atoms with Crippen LogP contribution >= 0.6 is 23.4 Å². The molecular weight excluding hydrogens is 380 g/mol. The van der Waals surface area contributed by atoms with Crippen LogP contribution in [0.25, 0.3) is 0 Å². The number of ether oxygens (including phenoxy) is 1. The Morgan fingerprint density at radius 1 is 1.26 bits per heavy atom. The average molecular weight is 413 g/mol. The van der Waals surface area contributed by atoms with Gasteiger partial charge >= 0.3 is 0 Å². The molecule has 5 nitrogen and oxygen atoms in total. The molecule has 1 heterocycles. The first kappa shape index (κ1) is 22.3. The first-order valence-corrected chi connectivity index (χ1v) is 11.6. The fraction of sp³-hybridized carbons (Fsp3) is 0.650. The van der Waals surface area contributed by atoms with Crippen molar-refractivity contribution in [1.29, 1.82) is 0 Å². The fourth-order valence-corrected chi connectivity index (χ4v) is 3.90. The molecule has 27 heavy (non-hydrogen) atoms. The van der Waals surface area contributed by atoms with E-state index in [0.29, 0.717) is 6.54 Å². The monoisotopic (exact) mass is 412 g/mol. The summed E-state index contributed by atoms with van der Waals surface area (Å²) in [5, 5.41) is 7.62. The number of aliphatic imine (C=N–C) groups is 1. The lowest BCUT2D eigenvalue weighted by atomic mass is 10.0. The Kier molecular flexibility index (Phi) is 11.0. The molecule has 1 aromatic rings. The lowest BCUT2D eigenvalue weighted by Crippen LogP contribution is -2.42. The average Bonchev–Trinajstić information content (AvgIpc) is 2.70. The zero-order valence-corrected chi connectivity index (χ0v) is 18.1. The summed E-state index contributed by atoms with van der Waals surface area (Å²) in [6, 6.07) is 8.26. The van der Waals surface area contributed by atoms with Crippen molar-refractivity contribution in [2.45, 2.75) is 25.8 Å². The number of unbranched alkanes of at least 4 members (excludes halogenated alkanes) is 1. The van der Waals surface area contributed by atoms with Crippen LogP contribution in [0.2, 0.25) is 5.02 Å². The first-order valence-electron chi connectivity index (χ1n) is 9.83. The van der Waals surface area contributed by atoms with Crippen LogP contribution in [0.1, 0.15) is 31.4 Å². The highest BCUT2D eigenvalue weighted by Crippen LogP contribution is 2.28. The van der Waals surface area contributed by atoms with Gasteiger partial charge in [0, 0.05) is 31.2 Å². The Bertz CT molecular complexity index is 567. The third kappa shape index (κ3) is 7.90. The van der Waals surface area contributed by atoms with E-state index in [1.165, 1.54) is 12.2 Å². The van der Waals surface area contributed by atoms with Crippen molar-refractivity contribution in [3.63, 3.8) is 0 Å². The summed E-state index contributed by atoms with van der Waals surface area (Å²) < 4.78 is 5.53. The molecule has 0 saturated carbocycles. The highest BCUT2D eigenvalue weighted by Gasteiger charge is 2.24. The molecule has 2 rings (SSSR count). The van der Waals surface area contributed by atoms with Crippen LogP contribution in [0.3, 0.4) is 0 Å². The van der Waals surface area contributed by atoms with Crippen molar-refractivity contribution < 1.29 is 4.74 Å². The van der Waals surface area contributed by atoms with Gasteiger partial charge in [-0.1, -0.05) is 29.8 Å². The van der Waals surface area contributed by atoms with Crippen LogP contribution in [-0.2, 0) is 4.74 Å². The van der Waals surface area contributed by atoms with E-state index in [-0.39, 0.29) is 6.04 Å². The number of hydrogen-bond acceptors (Lipinski definition) is 4. The number of guanidine groups is 1. The quantitative estimate of drug-likeness (QED) is 0.350. The lowest BCUT2D eigenvalue weighted by molar-refractivity contribution is 0.0180. The zero-order chi connectivity index (χ0) is 19.3. The van der Waals surface area contributed by atoms with Gasteiger partial charge < -0.3 is 15.4 Å². The van der Waals surface area contributed by atoms with Crippen molar-refractivity contribution >= 4 is 29.3 Å². The summed E-state index contributed by atoms with van der Waals surface area (Å²) >= 11 is 8.40. The van der Waals surface area contributed by atoms with Gasteiger partial charge in [0.2, 0.25) is 0 Å². The maximum atomic E-state index is 6.51. The minimum absolute atomic E-state index is 0.162. The van der Waals surface area contributed by atoms with Gasteiger partial charge in [-0.15, -0.1) is 0 Å². The van der Waals surface area contributed by atoms with Gasteiger partial charge in [-0.2, -0.15) is 11.8 Å². The number of nitrogens with one attached hydrogen (secondary N) is 2. The summed E-state index contributed by atoms with van der Waals surface area (Å²) in [7, 11) is 0. The Hall–Kier alpha value is -0.950. The Morgan fingerprint density at radius 3 is 2.74 bits per heavy atom. The fourth-order valence-electron chi connectivity index (χ4n) is 3.14. The number of morpholine rings is 1. The van der Waals surface area contributed by atoms with Crippen molar-refractivity contribution in [2.75, 3.05) is 57.9 Å². The van der Waals surface area contributed by atoms with E-state index in [1.54, 1.807) is 0 Å². The van der Waals surface area contributed by atoms with Crippen LogP contribution in [0.4, 0.5) is 0 Å². The maximum Gasteiger partial charge on any atom is 0.191 e. The maximum absolute atomic E-state index is 6.51. The van der Waals surface area contributed by atoms with E-state index < -0.39 is 0 Å². The van der Waals surface area contributed by atoms with E-state index in [0.717, 1.165) is 62.4 Å². The minimum atomic E-state index is 0.162. The second-order valence-corrected chi connectivity index (χ2v) is 7.92. The lowest BCUT2D eigenvalue weighted by Gasteiger charge is -2.34. The van der Waals surface area contributed by atoms with Gasteiger partial charge in [0.05, 0.1) is 25.8 Å². The van der Waals surface area contributed by atoms with E-state index in [1.807, 2.05) is 30.0 Å². The highest BCUT2D eigenvalue weighted by molar-refractivity contribution is 7.98. The standard InChI is InChI=1S/C20H33ClN4OS/c1-3-22-20(23-10-6-7-15-27-2)24-16-19(25-11-13-26-14-12-25)17-8-4-5-9-18(17)21/h4-5,8-9,19H,3,6-7,10-16H2,1-2H3,(H2,22,23,24). The molecular formula is C20H33ClN4OS. The zero-order valence-electron chi connectivity index (χ0n) is 16.5. The van der Waals surface area contributed by atoms with Crippen molar-refractivity contribution in [3.8, 4) is 0 Å². The molecule has 1 aromatic carbocycles. The van der Waals surface area contributed by atoms with Crippen molar-refractivity contribution in [2.24, 2.45) is 4.99 Å². The Morgan fingerprint density at radius 2 is 2.04 bits per heavy atom. The summed E-state index contributed by atoms with van der Waals surface area (Å²) in [5.41, 5.74) is 1.14. The number of thioether (sulfide) groups is 1. The number of nitrogens with zero attached hydrogens (tertiary/aromatic N) is 2. The molecule has 1 atom stereocenters. The minimum Gasteiger partial charge on any atom is -0.379 e. The van der Waals surface area contributed by atoms with E-state index in [9.17, 15) is 0 Å². The molecule has 1 aliphatic heterocycles. The van der Waals surface area contributed by atoms with Crippen LogP contribution in [0, 0.1) is 0 Å². The Balaban J connectivity index is 2.04. The summed E-state index contributed by atoms with van der Waals surface area (Å²) in [4.78, 5) is 7.30. The molecule has 1 fully saturated rings. The second kappa shape index (κ2) is 13.3. The predicted molar refractivity (Wildman–Crippen MR) is 118 cm³/mol. The van der Waals surface area contributed by atoms with Crippen LogP contribution in [0.15, 0.2) is 29.3 Å². The molecule has 1 unspecified atom stereocenters. The van der Waals surface area contributed by atoms with E-state index in [2.05, 4.69) is 34.8 Å². The molecule has 7 heteroatoms. The molecule has 1 saturated heterocycles. The normalized spacial score (nSPS) is 16.9. The van der Waals surface area contributed by atoms with Crippen LogP contribution in [-0.4, -0.2) is 68.8 Å². The van der Waals surface area contributed by atoms with Crippen molar-refractivity contribution in [1.82, 2.24) is 15.5 Å². The summed E-state index contributed by atoms with van der Waals surface area (Å²) in [6.07, 6.45) is 4.53. The van der Waals surface area contributed by atoms with Gasteiger partial charge in [-0.25, -0.2) is 0 Å². The van der Waals surface area contributed by atoms with Crippen LogP contribution in [0.5, 0.6) is 0 Å². The highest BCUT2D eigenvalue weighted by atomic mass is 35.5. The third-order valence-electron chi connectivity index (χ3n) is 4.58. The van der Waals surface area contributed by atoms with Gasteiger partial charge in [0.25, 0.3) is 0 Å². The molecule has 2 N–H and O–H groups in total. The van der Waals surface area contributed by atoms with Gasteiger partial charge in [0.15, 0.2) is 5.96 Å². The second-order valence-electron chi connectivity index (χ2n) is 6.53. The van der Waals surface area contributed by atoms with Gasteiger partial charge in [0.1, 0.15) is 0 Å². The first-order chi connectivity index (χ1) is 13.3. The number of benzene rings is 1. The van der Waals surface area contributed by atoms with Gasteiger partial charge in [-0.3, -0.25) is 9.89 Å². The van der Waals surface area contributed by atoms with E-state index >= 15 is 0 Å². The predicted octanol–water partition coefficient (Wildman–Crippen LogP) is 3.41. The Labute approximate surface area is 173 Å². The molecule has 152 valence electrons. The topological polar surface area (TPSA) is 48.9 Å². The summed E-state index contributed by atoms with van der Waals surface area (Å²) in [5.74, 6) is 2.09.